The predicted molar refractivity (Wildman–Crippen MR) is 175 cm³/mol. The highest BCUT2D eigenvalue weighted by Crippen LogP contribution is 2.41. The van der Waals surface area contributed by atoms with Crippen LogP contribution in [-0.4, -0.2) is 14.5 Å². The molecule has 0 spiro atoms. The van der Waals surface area contributed by atoms with E-state index in [4.69, 9.17) is 14.4 Å². The smallest absolute Gasteiger partial charge is 0.227 e. The molecular weight excluding hydrogens is 514 g/mol. The van der Waals surface area contributed by atoms with Crippen LogP contribution < -0.4 is 0 Å². The molecule has 0 amide bonds. The number of benzene rings is 5. The lowest BCUT2D eigenvalue weighted by molar-refractivity contribution is 0.656. The molecule has 0 saturated heterocycles. The largest absolute Gasteiger partial charge is 0.437 e. The lowest BCUT2D eigenvalue weighted by Gasteiger charge is -2.22. The van der Waals surface area contributed by atoms with Crippen molar-refractivity contribution < 1.29 is 4.42 Å². The summed E-state index contributed by atoms with van der Waals surface area (Å²) < 4.78 is 9.03. The number of rotatable bonds is 4. The Morgan fingerprint density at radius 1 is 0.619 bits per heavy atom. The third-order valence-electron chi connectivity index (χ3n) is 8.55. The second-order valence-corrected chi connectivity index (χ2v) is 11.8. The lowest BCUT2D eigenvalue weighted by Crippen LogP contribution is -2.08. The summed E-state index contributed by atoms with van der Waals surface area (Å²) in [5.74, 6) is 1.58. The van der Waals surface area contributed by atoms with E-state index in [1.54, 1.807) is 0 Å². The van der Waals surface area contributed by atoms with Crippen molar-refractivity contribution in [3.05, 3.63) is 114 Å². The van der Waals surface area contributed by atoms with Crippen molar-refractivity contribution in [1.82, 2.24) is 14.5 Å². The minimum atomic E-state index is 0.348. The molecule has 0 N–H and O–H groups in total. The normalized spacial score (nSPS) is 12.2. The molecule has 0 saturated carbocycles. The first-order valence-corrected chi connectivity index (χ1v) is 14.7. The summed E-state index contributed by atoms with van der Waals surface area (Å²) in [5, 5.41) is 5.47. The number of hydrogen-bond acceptors (Lipinski definition) is 3. The molecule has 42 heavy (non-hydrogen) atoms. The van der Waals surface area contributed by atoms with Gasteiger partial charge in [0.1, 0.15) is 11.4 Å². The topological polar surface area (TPSA) is 43.9 Å². The summed E-state index contributed by atoms with van der Waals surface area (Å²) in [6, 6.07) is 36.4. The molecule has 0 aliphatic carbocycles. The fraction of sp³-hybridized carbons (Fsp3) is 0.158. The standard InChI is InChI=1S/C38H31N3O/c1-22(2)26-13-9-14-27(23(3)4)35(26)41-33-18-8-7-17-32(33)39-37(41)30-16-10-15-29-31-21-25-20-19-24-11-5-6-12-28(24)34(25)40-38(31)42-36(29)30/h5-23H,1-4H3. The Labute approximate surface area is 244 Å². The van der Waals surface area contributed by atoms with Gasteiger partial charge < -0.3 is 4.42 Å². The molecule has 0 aliphatic heterocycles. The van der Waals surface area contributed by atoms with Gasteiger partial charge >= 0.3 is 0 Å². The maximum Gasteiger partial charge on any atom is 0.227 e. The third kappa shape index (κ3) is 3.61. The van der Waals surface area contributed by atoms with Gasteiger partial charge in [-0.1, -0.05) is 107 Å². The van der Waals surface area contributed by atoms with Crippen molar-refractivity contribution in [2.75, 3.05) is 0 Å². The van der Waals surface area contributed by atoms with Crippen LogP contribution in [0.15, 0.2) is 108 Å². The van der Waals surface area contributed by atoms with E-state index in [2.05, 4.69) is 135 Å². The maximum atomic E-state index is 6.67. The van der Waals surface area contributed by atoms with Gasteiger partial charge in [-0.05, 0) is 52.6 Å². The summed E-state index contributed by atoms with van der Waals surface area (Å²) in [7, 11) is 0. The molecule has 0 bridgehead atoms. The number of imidazole rings is 1. The SMILES string of the molecule is CC(C)c1cccc(C(C)C)c1-n1c(-c2cccc3c2oc2nc4c(ccc5ccccc54)cc23)nc2ccccc21. The summed E-state index contributed by atoms with van der Waals surface area (Å²) in [4.78, 5) is 10.3. The Morgan fingerprint density at radius 2 is 1.31 bits per heavy atom. The van der Waals surface area contributed by atoms with E-state index >= 15 is 0 Å². The first-order valence-electron chi connectivity index (χ1n) is 14.7. The van der Waals surface area contributed by atoms with Crippen LogP contribution in [0.25, 0.3) is 71.9 Å². The fourth-order valence-electron chi connectivity index (χ4n) is 6.50. The molecule has 0 radical (unpaired) electrons. The average molecular weight is 546 g/mol. The molecule has 3 aromatic heterocycles. The van der Waals surface area contributed by atoms with Crippen LogP contribution in [0.3, 0.4) is 0 Å². The summed E-state index contributed by atoms with van der Waals surface area (Å²) in [5.41, 5.74) is 9.26. The van der Waals surface area contributed by atoms with Crippen LogP contribution >= 0.6 is 0 Å². The van der Waals surface area contributed by atoms with E-state index in [0.717, 1.165) is 55.1 Å². The van der Waals surface area contributed by atoms with E-state index in [1.165, 1.54) is 22.2 Å². The zero-order chi connectivity index (χ0) is 28.5. The van der Waals surface area contributed by atoms with E-state index in [1.807, 2.05) is 0 Å². The molecule has 0 atom stereocenters. The van der Waals surface area contributed by atoms with Crippen molar-refractivity contribution in [2.24, 2.45) is 0 Å². The predicted octanol–water partition coefficient (Wildman–Crippen LogP) is 10.5. The third-order valence-corrected chi connectivity index (χ3v) is 8.55. The van der Waals surface area contributed by atoms with E-state index in [-0.39, 0.29) is 0 Å². The number of aromatic nitrogens is 3. The number of pyridine rings is 1. The molecule has 4 nitrogen and oxygen atoms in total. The van der Waals surface area contributed by atoms with Crippen LogP contribution in [0, 0.1) is 0 Å². The van der Waals surface area contributed by atoms with Crippen molar-refractivity contribution in [3.8, 4) is 17.1 Å². The molecule has 5 aromatic carbocycles. The van der Waals surface area contributed by atoms with Crippen LogP contribution in [-0.2, 0) is 0 Å². The van der Waals surface area contributed by atoms with Gasteiger partial charge in [-0.2, -0.15) is 0 Å². The van der Waals surface area contributed by atoms with Gasteiger partial charge in [0.15, 0.2) is 0 Å². The van der Waals surface area contributed by atoms with E-state index in [0.29, 0.717) is 17.5 Å². The highest BCUT2D eigenvalue weighted by atomic mass is 16.3. The van der Waals surface area contributed by atoms with Crippen LogP contribution in [0.4, 0.5) is 0 Å². The van der Waals surface area contributed by atoms with Crippen LogP contribution in [0.5, 0.6) is 0 Å². The average Bonchev–Trinajstić information content (AvgIpc) is 3.57. The van der Waals surface area contributed by atoms with Crippen LogP contribution in [0.1, 0.15) is 50.7 Å². The number of fused-ring (bicyclic) bond motifs is 7. The minimum Gasteiger partial charge on any atom is -0.437 e. The summed E-state index contributed by atoms with van der Waals surface area (Å²) >= 11 is 0. The quantitative estimate of drug-likeness (QED) is 0.207. The number of furan rings is 1. The zero-order valence-electron chi connectivity index (χ0n) is 24.2. The molecule has 0 fully saturated rings. The Kier molecular flexibility index (Phi) is 5.48. The molecule has 4 heteroatoms. The van der Waals surface area contributed by atoms with Gasteiger partial charge in [0.25, 0.3) is 0 Å². The highest BCUT2D eigenvalue weighted by Gasteiger charge is 2.24. The molecule has 8 aromatic rings. The van der Waals surface area contributed by atoms with Gasteiger partial charge in [-0.25, -0.2) is 9.97 Å². The molecular formula is C38H31N3O. The van der Waals surface area contributed by atoms with Crippen molar-refractivity contribution in [3.63, 3.8) is 0 Å². The molecule has 8 rings (SSSR count). The fourth-order valence-corrected chi connectivity index (χ4v) is 6.50. The second-order valence-electron chi connectivity index (χ2n) is 11.8. The van der Waals surface area contributed by atoms with Gasteiger partial charge in [0.05, 0.1) is 27.8 Å². The summed E-state index contributed by atoms with van der Waals surface area (Å²) in [6.45, 7) is 9.06. The van der Waals surface area contributed by atoms with Crippen molar-refractivity contribution in [1.29, 1.82) is 0 Å². The van der Waals surface area contributed by atoms with E-state index in [9.17, 15) is 0 Å². The summed E-state index contributed by atoms with van der Waals surface area (Å²) in [6.07, 6.45) is 0. The van der Waals surface area contributed by atoms with Gasteiger partial charge in [0, 0.05) is 21.5 Å². The minimum absolute atomic E-state index is 0.348. The number of nitrogens with zero attached hydrogens (tertiary/aromatic N) is 3. The number of hydrogen-bond donors (Lipinski definition) is 0. The first-order chi connectivity index (χ1) is 20.5. The molecule has 3 heterocycles. The van der Waals surface area contributed by atoms with Crippen LogP contribution in [0.2, 0.25) is 0 Å². The Balaban J connectivity index is 1.47. The Bertz CT molecular complexity index is 2290. The lowest BCUT2D eigenvalue weighted by atomic mass is 9.92. The van der Waals surface area contributed by atoms with Gasteiger partial charge in [0.2, 0.25) is 5.71 Å². The number of para-hydroxylation sites is 4. The monoisotopic (exact) mass is 545 g/mol. The van der Waals surface area contributed by atoms with Gasteiger partial charge in [-0.15, -0.1) is 0 Å². The van der Waals surface area contributed by atoms with E-state index < -0.39 is 0 Å². The molecule has 204 valence electrons. The van der Waals surface area contributed by atoms with Crippen molar-refractivity contribution in [2.45, 2.75) is 39.5 Å². The second kappa shape index (κ2) is 9.28. The Morgan fingerprint density at radius 3 is 2.12 bits per heavy atom. The maximum absolute atomic E-state index is 6.67. The van der Waals surface area contributed by atoms with Crippen molar-refractivity contribution >= 4 is 54.8 Å². The molecule has 0 unspecified atom stereocenters. The zero-order valence-corrected chi connectivity index (χ0v) is 24.2. The highest BCUT2D eigenvalue weighted by molar-refractivity contribution is 6.14. The van der Waals surface area contributed by atoms with Gasteiger partial charge in [-0.3, -0.25) is 4.57 Å². The Hall–Kier alpha value is -4.96. The first kappa shape index (κ1) is 24.8. The molecule has 0 aliphatic rings.